The highest BCUT2D eigenvalue weighted by atomic mass is 35.5. The lowest BCUT2D eigenvalue weighted by Gasteiger charge is -2.30. The number of amides is 5. The molecule has 0 unspecified atom stereocenters. The summed E-state index contributed by atoms with van der Waals surface area (Å²) >= 11 is 7.84. The zero-order valence-corrected chi connectivity index (χ0v) is 31.5. The highest BCUT2D eigenvalue weighted by Gasteiger charge is 2.62. The molecule has 2 aliphatic carbocycles. The lowest BCUT2D eigenvalue weighted by atomic mass is 9.91. The lowest BCUT2D eigenvalue weighted by molar-refractivity contribution is -0.142. The number of nitrogens with zero attached hydrogens (tertiary/aromatic N) is 1. The van der Waals surface area contributed by atoms with E-state index in [0.717, 1.165) is 22.9 Å². The van der Waals surface area contributed by atoms with E-state index >= 15 is 0 Å². The summed E-state index contributed by atoms with van der Waals surface area (Å²) in [7, 11) is -3.89. The van der Waals surface area contributed by atoms with Crippen molar-refractivity contribution in [2.24, 2.45) is 11.3 Å². The van der Waals surface area contributed by atoms with Crippen molar-refractivity contribution in [1.82, 2.24) is 25.6 Å². The van der Waals surface area contributed by atoms with E-state index < -0.39 is 68.5 Å². The average molecular weight is 760 g/mol. The van der Waals surface area contributed by atoms with Gasteiger partial charge in [0.2, 0.25) is 27.7 Å². The number of allylic oxidation sites excluding steroid dienone is 1. The fourth-order valence-corrected chi connectivity index (χ4v) is 9.83. The Labute approximate surface area is 307 Å². The van der Waals surface area contributed by atoms with Gasteiger partial charge in [0, 0.05) is 35.0 Å². The standard InChI is InChI=1S/C36H46ClN5O7S2/c1-35(2,3)19-28(43)39-25-13-8-6-4-5-7-11-21-18-36(21,34(47)41-51(48,49)23-15-16-23)40-31(44)26-17-22(20-42(26)33(25)46)38-32(45)30-29(37)24-12-9-10-14-27(24)50-30/h7,9-12,14,21-23,25-26H,4-6,8,13,15-20H2,1-3H3,(H,38,45)(H,39,43)(H,40,44)(H,41,47)/b11-7-/t21-,22+,25-,26-,36+/m0/s1. The third kappa shape index (κ3) is 8.44. The molecular weight excluding hydrogens is 714 g/mol. The van der Waals surface area contributed by atoms with Crippen LogP contribution in [0.25, 0.3) is 10.1 Å². The molecule has 51 heavy (non-hydrogen) atoms. The molecule has 3 fully saturated rings. The minimum Gasteiger partial charge on any atom is -0.347 e. The number of carbonyl (C=O) groups is 5. The molecule has 2 saturated carbocycles. The van der Waals surface area contributed by atoms with Gasteiger partial charge < -0.3 is 20.9 Å². The van der Waals surface area contributed by atoms with Gasteiger partial charge in [-0.05, 0) is 56.4 Å². The fraction of sp³-hybridized carbons (Fsp3) is 0.583. The Hall–Kier alpha value is -3.49. The van der Waals surface area contributed by atoms with E-state index in [-0.39, 0.29) is 37.1 Å². The van der Waals surface area contributed by atoms with Crippen molar-refractivity contribution in [1.29, 1.82) is 0 Å². The first-order valence-electron chi connectivity index (χ1n) is 17.7. The number of hydrogen-bond acceptors (Lipinski definition) is 8. The Morgan fingerprint density at radius 1 is 1.06 bits per heavy atom. The molecular formula is C36H46ClN5O7S2. The summed E-state index contributed by atoms with van der Waals surface area (Å²) in [6.45, 7) is 5.78. The summed E-state index contributed by atoms with van der Waals surface area (Å²) in [6.07, 6.45) is 8.50. The van der Waals surface area contributed by atoms with Crippen LogP contribution in [0.3, 0.4) is 0 Å². The van der Waals surface area contributed by atoms with Crippen LogP contribution in [-0.2, 0) is 29.2 Å². The Morgan fingerprint density at radius 3 is 2.51 bits per heavy atom. The van der Waals surface area contributed by atoms with Gasteiger partial charge in [0.15, 0.2) is 0 Å². The number of thiophene rings is 1. The summed E-state index contributed by atoms with van der Waals surface area (Å²) in [4.78, 5) is 70.7. The Balaban J connectivity index is 1.28. The monoisotopic (exact) mass is 759 g/mol. The molecule has 5 atom stereocenters. The normalized spacial score (nSPS) is 28.0. The maximum absolute atomic E-state index is 14.4. The molecule has 4 N–H and O–H groups in total. The molecule has 2 aliphatic heterocycles. The van der Waals surface area contributed by atoms with Crippen LogP contribution in [0, 0.1) is 11.3 Å². The first-order chi connectivity index (χ1) is 24.1. The highest BCUT2D eigenvalue weighted by Crippen LogP contribution is 2.46. The smallest absolute Gasteiger partial charge is 0.263 e. The predicted octanol–water partition coefficient (Wildman–Crippen LogP) is 4.18. The molecule has 0 radical (unpaired) electrons. The molecule has 4 aliphatic rings. The maximum atomic E-state index is 14.4. The van der Waals surface area contributed by atoms with Gasteiger partial charge in [-0.15, -0.1) is 11.3 Å². The van der Waals surface area contributed by atoms with E-state index in [1.165, 1.54) is 16.2 Å². The average Bonchev–Trinajstić information content (AvgIpc) is 3.96. The summed E-state index contributed by atoms with van der Waals surface area (Å²) < 4.78 is 28.6. The molecule has 6 rings (SSSR count). The van der Waals surface area contributed by atoms with Crippen LogP contribution >= 0.6 is 22.9 Å². The van der Waals surface area contributed by atoms with Gasteiger partial charge in [-0.25, -0.2) is 8.42 Å². The van der Waals surface area contributed by atoms with E-state index in [0.29, 0.717) is 42.0 Å². The molecule has 276 valence electrons. The van der Waals surface area contributed by atoms with Crippen molar-refractivity contribution >= 4 is 72.6 Å². The summed E-state index contributed by atoms with van der Waals surface area (Å²) in [5.41, 5.74) is -1.82. The van der Waals surface area contributed by atoms with Gasteiger partial charge >= 0.3 is 0 Å². The number of rotatable bonds is 7. The topological polar surface area (TPSA) is 171 Å². The molecule has 3 heterocycles. The van der Waals surface area contributed by atoms with Crippen molar-refractivity contribution < 1.29 is 32.4 Å². The van der Waals surface area contributed by atoms with E-state index in [1.54, 1.807) is 0 Å². The van der Waals surface area contributed by atoms with Gasteiger partial charge in [0.1, 0.15) is 22.5 Å². The van der Waals surface area contributed by atoms with Crippen LogP contribution in [0.15, 0.2) is 36.4 Å². The quantitative estimate of drug-likeness (QED) is 0.307. The van der Waals surface area contributed by atoms with Crippen LogP contribution in [0.1, 0.15) is 94.7 Å². The second-order valence-corrected chi connectivity index (χ2v) is 18.9. The number of fused-ring (bicyclic) bond motifs is 3. The number of halogens is 1. The Morgan fingerprint density at radius 2 is 1.80 bits per heavy atom. The van der Waals surface area contributed by atoms with Crippen LogP contribution < -0.4 is 20.7 Å². The molecule has 15 heteroatoms. The maximum Gasteiger partial charge on any atom is 0.263 e. The highest BCUT2D eigenvalue weighted by molar-refractivity contribution is 7.91. The van der Waals surface area contributed by atoms with E-state index in [2.05, 4.69) is 20.7 Å². The Kier molecular flexibility index (Phi) is 10.6. The van der Waals surface area contributed by atoms with Crippen molar-refractivity contribution in [2.75, 3.05) is 6.54 Å². The third-order valence-corrected chi connectivity index (χ3v) is 13.5. The van der Waals surface area contributed by atoms with Crippen LogP contribution in [0.5, 0.6) is 0 Å². The van der Waals surface area contributed by atoms with E-state index in [9.17, 15) is 32.4 Å². The number of hydrogen-bond donors (Lipinski definition) is 4. The molecule has 1 aromatic carbocycles. The summed E-state index contributed by atoms with van der Waals surface area (Å²) in [6, 6.07) is 4.72. The lowest BCUT2D eigenvalue weighted by Crippen LogP contribution is -2.58. The van der Waals surface area contributed by atoms with Crippen LogP contribution in [0.2, 0.25) is 5.02 Å². The zero-order chi connectivity index (χ0) is 36.7. The van der Waals surface area contributed by atoms with Gasteiger partial charge in [-0.3, -0.25) is 28.7 Å². The summed E-state index contributed by atoms with van der Waals surface area (Å²) in [5.74, 6) is -3.03. The molecule has 0 spiro atoms. The Bertz CT molecular complexity index is 1870. The molecule has 1 saturated heterocycles. The zero-order valence-electron chi connectivity index (χ0n) is 29.1. The first-order valence-corrected chi connectivity index (χ1v) is 20.4. The number of carbonyl (C=O) groups excluding carboxylic acids is 5. The SMILES string of the molecule is CC(C)(C)CC(=O)N[C@H]1CCCCC/C=C\[C@H]2C[C@@]2(C(=O)NS(=O)(=O)C2CC2)NC(=O)[C@@H]2C[C@@H](NC(=O)c3sc4ccccc4c3Cl)CN2C1=O. The van der Waals surface area contributed by atoms with Gasteiger partial charge in [-0.2, -0.15) is 0 Å². The van der Waals surface area contributed by atoms with Crippen molar-refractivity contribution in [3.05, 3.63) is 46.3 Å². The van der Waals surface area contributed by atoms with Crippen molar-refractivity contribution in [2.45, 2.75) is 114 Å². The van der Waals surface area contributed by atoms with E-state index in [4.69, 9.17) is 11.6 Å². The number of sulfonamides is 1. The molecule has 2 aromatic rings. The molecule has 1 aromatic heterocycles. The first kappa shape index (κ1) is 37.3. The van der Waals surface area contributed by atoms with Crippen LogP contribution in [-0.4, -0.2) is 78.3 Å². The van der Waals surface area contributed by atoms with Crippen molar-refractivity contribution in [3.63, 3.8) is 0 Å². The fourth-order valence-electron chi connectivity index (χ4n) is 7.04. The second kappa shape index (κ2) is 14.5. The second-order valence-electron chi connectivity index (χ2n) is 15.5. The van der Waals surface area contributed by atoms with E-state index in [1.807, 2.05) is 57.2 Å². The molecule has 12 nitrogen and oxygen atoms in total. The number of nitrogens with one attached hydrogen (secondary N) is 4. The summed E-state index contributed by atoms with van der Waals surface area (Å²) in [5, 5.41) is 9.18. The van der Waals surface area contributed by atoms with Crippen LogP contribution in [0.4, 0.5) is 0 Å². The van der Waals surface area contributed by atoms with Gasteiger partial charge in [-0.1, -0.05) is 75.6 Å². The number of benzene rings is 1. The molecule has 0 bridgehead atoms. The molecule has 5 amide bonds. The van der Waals surface area contributed by atoms with Gasteiger partial charge in [0.25, 0.3) is 11.8 Å². The minimum atomic E-state index is -3.89. The third-order valence-electron chi connectivity index (χ3n) is 9.98. The largest absolute Gasteiger partial charge is 0.347 e. The van der Waals surface area contributed by atoms with Crippen molar-refractivity contribution in [3.8, 4) is 0 Å². The van der Waals surface area contributed by atoms with Gasteiger partial charge in [0.05, 0.1) is 10.3 Å². The predicted molar refractivity (Wildman–Crippen MR) is 196 cm³/mol. The minimum absolute atomic E-state index is 0.0184.